The molecule has 2 aliphatic carbocycles. The van der Waals surface area contributed by atoms with Crippen LogP contribution in [0.2, 0.25) is 0 Å². The monoisotopic (exact) mass is 595 g/mol. The average Bonchev–Trinajstić information content (AvgIpc) is 3.43. The van der Waals surface area contributed by atoms with Crippen molar-refractivity contribution >= 4 is 11.9 Å². The molecular weight excluding hydrogens is 538 g/mol. The van der Waals surface area contributed by atoms with Gasteiger partial charge in [0, 0.05) is 56.0 Å². The van der Waals surface area contributed by atoms with Crippen LogP contribution in [0.4, 0.5) is 0 Å². The standard InChI is InChI=1S/C17H30O5.C16H27NO3/c1-11-12(13(18)19-7)14(2,3)16(5,21-9)17(6,22-10)15(11,4)20-8;1-10-11(12(18)19-8)13(2,3)15(5)16(6,17(15)7)14(10,4)20-9/h1-10H3;1-9H3. The van der Waals surface area contributed by atoms with Gasteiger partial charge in [0.25, 0.3) is 0 Å². The van der Waals surface area contributed by atoms with Gasteiger partial charge in [-0.1, -0.05) is 27.7 Å². The summed E-state index contributed by atoms with van der Waals surface area (Å²) in [5.41, 5.74) is -1.11. The third-order valence-corrected chi connectivity index (χ3v) is 13.2. The molecule has 0 spiro atoms. The normalized spacial score (nSPS) is 41.8. The van der Waals surface area contributed by atoms with Crippen molar-refractivity contribution in [1.82, 2.24) is 4.90 Å². The Hall–Kier alpha value is -1.78. The third-order valence-electron chi connectivity index (χ3n) is 13.2. The number of hydrogen-bond acceptors (Lipinski definition) is 9. The lowest BCUT2D eigenvalue weighted by Gasteiger charge is -2.63. The van der Waals surface area contributed by atoms with Crippen LogP contribution in [0.3, 0.4) is 0 Å². The molecule has 0 saturated carbocycles. The van der Waals surface area contributed by atoms with Gasteiger partial charge in [-0.15, -0.1) is 0 Å². The van der Waals surface area contributed by atoms with Crippen LogP contribution in [0.15, 0.2) is 22.3 Å². The summed E-state index contributed by atoms with van der Waals surface area (Å²) in [5.74, 6) is -0.619. The van der Waals surface area contributed by atoms with Crippen LogP contribution in [0.25, 0.3) is 0 Å². The highest BCUT2D eigenvalue weighted by Crippen LogP contribution is 2.71. The van der Waals surface area contributed by atoms with E-state index in [4.69, 9.17) is 28.4 Å². The van der Waals surface area contributed by atoms with Gasteiger partial charge in [0.1, 0.15) is 22.4 Å². The Morgan fingerprint density at radius 2 is 0.881 bits per heavy atom. The predicted molar refractivity (Wildman–Crippen MR) is 163 cm³/mol. The Morgan fingerprint density at radius 3 is 1.21 bits per heavy atom. The second-order valence-corrected chi connectivity index (χ2v) is 13.9. The molecule has 9 nitrogen and oxygen atoms in total. The molecule has 242 valence electrons. The van der Waals surface area contributed by atoms with Gasteiger partial charge in [-0.2, -0.15) is 0 Å². The van der Waals surface area contributed by atoms with Crippen LogP contribution in [-0.2, 0) is 38.0 Å². The number of hydrogen-bond donors (Lipinski definition) is 0. The van der Waals surface area contributed by atoms with Gasteiger partial charge in [0.2, 0.25) is 0 Å². The first-order valence-corrected chi connectivity index (χ1v) is 14.5. The number of likely N-dealkylation sites (N-methyl/N-ethyl adjacent to an activating group) is 1. The van der Waals surface area contributed by atoms with Crippen LogP contribution in [0.1, 0.15) is 83.1 Å². The van der Waals surface area contributed by atoms with Crippen LogP contribution >= 0.6 is 0 Å². The average molecular weight is 596 g/mol. The van der Waals surface area contributed by atoms with Crippen molar-refractivity contribution < 1.29 is 38.0 Å². The van der Waals surface area contributed by atoms with Crippen LogP contribution in [-0.4, -0.2) is 100 Å². The molecule has 0 radical (unpaired) electrons. The van der Waals surface area contributed by atoms with E-state index < -0.39 is 27.8 Å². The summed E-state index contributed by atoms with van der Waals surface area (Å²) in [5, 5.41) is 0. The summed E-state index contributed by atoms with van der Waals surface area (Å²) < 4.78 is 33.7. The van der Waals surface area contributed by atoms with Crippen molar-refractivity contribution in [3.63, 3.8) is 0 Å². The molecule has 0 amide bonds. The van der Waals surface area contributed by atoms with Gasteiger partial charge in [0.15, 0.2) is 0 Å². The topological polar surface area (TPSA) is 92.5 Å². The highest BCUT2D eigenvalue weighted by Gasteiger charge is 2.83. The molecule has 3 aliphatic rings. The molecule has 7 unspecified atom stereocenters. The maximum absolute atomic E-state index is 12.5. The molecule has 0 N–H and O–H groups in total. The fourth-order valence-electron chi connectivity index (χ4n) is 8.85. The van der Waals surface area contributed by atoms with Gasteiger partial charge in [-0.05, 0) is 73.6 Å². The van der Waals surface area contributed by atoms with E-state index >= 15 is 0 Å². The van der Waals surface area contributed by atoms with Crippen LogP contribution in [0.5, 0.6) is 0 Å². The van der Waals surface area contributed by atoms with E-state index in [2.05, 4.69) is 46.6 Å². The van der Waals surface area contributed by atoms with Crippen molar-refractivity contribution in [2.45, 2.75) is 117 Å². The summed E-state index contributed by atoms with van der Waals surface area (Å²) >= 11 is 0. The number of nitrogens with zero attached hydrogens (tertiary/aromatic N) is 1. The largest absolute Gasteiger partial charge is 0.466 e. The number of carbonyl (C=O) groups is 2. The van der Waals surface area contributed by atoms with Gasteiger partial charge < -0.3 is 28.4 Å². The molecule has 1 fully saturated rings. The Bertz CT molecular complexity index is 1190. The summed E-state index contributed by atoms with van der Waals surface area (Å²) in [4.78, 5) is 27.1. The Labute approximate surface area is 254 Å². The zero-order chi connectivity index (χ0) is 33.3. The van der Waals surface area contributed by atoms with Crippen molar-refractivity contribution in [2.75, 3.05) is 49.7 Å². The highest BCUT2D eigenvalue weighted by molar-refractivity contribution is 5.93. The summed E-state index contributed by atoms with van der Waals surface area (Å²) in [7, 11) is 11.5. The zero-order valence-corrected chi connectivity index (χ0v) is 29.7. The first-order chi connectivity index (χ1) is 18.9. The molecule has 3 rings (SSSR count). The number of rotatable bonds is 6. The lowest BCUT2D eigenvalue weighted by Crippen LogP contribution is -2.74. The Balaban J connectivity index is 0.000000294. The van der Waals surface area contributed by atoms with E-state index in [1.807, 2.05) is 48.5 Å². The molecular formula is C33H57NO8. The maximum Gasteiger partial charge on any atom is 0.334 e. The van der Waals surface area contributed by atoms with Gasteiger partial charge in [-0.3, -0.25) is 4.90 Å². The SMILES string of the molecule is COC(=O)C1=C(C)C(C)(OC)C(C)(OC)C(C)(OC)C1(C)C.COC(=O)C1=C(C)C(C)(OC)C2(C)N(C)C2(C)C1(C)C. The van der Waals surface area contributed by atoms with Crippen LogP contribution < -0.4 is 0 Å². The molecule has 0 bridgehead atoms. The van der Waals surface area contributed by atoms with Gasteiger partial charge >= 0.3 is 11.9 Å². The van der Waals surface area contributed by atoms with Crippen molar-refractivity contribution in [2.24, 2.45) is 10.8 Å². The molecule has 7 atom stereocenters. The van der Waals surface area contributed by atoms with E-state index in [0.29, 0.717) is 5.57 Å². The lowest BCUT2D eigenvalue weighted by atomic mass is 9.51. The first-order valence-electron chi connectivity index (χ1n) is 14.5. The zero-order valence-electron chi connectivity index (χ0n) is 29.7. The van der Waals surface area contributed by atoms with Crippen molar-refractivity contribution in [1.29, 1.82) is 0 Å². The molecule has 1 heterocycles. The molecule has 0 aromatic rings. The van der Waals surface area contributed by atoms with E-state index in [1.54, 1.807) is 28.4 Å². The number of methoxy groups -OCH3 is 6. The Kier molecular flexibility index (Phi) is 9.26. The maximum atomic E-state index is 12.5. The first kappa shape index (κ1) is 36.4. The number of fused-ring (bicyclic) bond motifs is 1. The fraction of sp³-hybridized carbons (Fsp3) is 0.818. The minimum absolute atomic E-state index is 0.139. The molecule has 0 aromatic carbocycles. The molecule has 42 heavy (non-hydrogen) atoms. The van der Waals surface area contributed by atoms with E-state index in [-0.39, 0.29) is 28.4 Å². The predicted octanol–water partition coefficient (Wildman–Crippen LogP) is 5.11. The van der Waals surface area contributed by atoms with Crippen LogP contribution in [0, 0.1) is 10.8 Å². The van der Waals surface area contributed by atoms with Crippen molar-refractivity contribution in [3.05, 3.63) is 22.3 Å². The second-order valence-electron chi connectivity index (χ2n) is 13.9. The minimum atomic E-state index is -0.842. The van der Waals surface area contributed by atoms with Gasteiger partial charge in [0.05, 0.1) is 19.8 Å². The summed E-state index contributed by atoms with van der Waals surface area (Å²) in [6.45, 7) is 24.4. The lowest BCUT2D eigenvalue weighted by molar-refractivity contribution is -0.280. The van der Waals surface area contributed by atoms with Crippen molar-refractivity contribution in [3.8, 4) is 0 Å². The smallest absolute Gasteiger partial charge is 0.334 e. The third kappa shape index (κ3) is 3.79. The van der Waals surface area contributed by atoms with E-state index in [9.17, 15) is 9.59 Å². The molecule has 0 aromatic heterocycles. The fourth-order valence-corrected chi connectivity index (χ4v) is 8.85. The highest BCUT2D eigenvalue weighted by atomic mass is 16.6. The second kappa shape index (κ2) is 10.7. The number of carbonyl (C=O) groups excluding carboxylic acids is 2. The number of ether oxygens (including phenoxy) is 6. The quantitative estimate of drug-likeness (QED) is 0.307. The van der Waals surface area contributed by atoms with E-state index in [0.717, 1.165) is 16.7 Å². The summed E-state index contributed by atoms with van der Waals surface area (Å²) in [6.07, 6.45) is 0. The molecule has 1 saturated heterocycles. The molecule has 1 aliphatic heterocycles. The number of esters is 2. The summed E-state index contributed by atoms with van der Waals surface area (Å²) in [6, 6.07) is 0. The Morgan fingerprint density at radius 1 is 0.524 bits per heavy atom. The van der Waals surface area contributed by atoms with E-state index in [1.165, 1.54) is 14.2 Å². The van der Waals surface area contributed by atoms with Gasteiger partial charge in [-0.25, -0.2) is 9.59 Å². The molecule has 9 heteroatoms. The minimum Gasteiger partial charge on any atom is -0.466 e.